The number of rotatable bonds is 6. The normalized spacial score (nSPS) is 11.1. The van der Waals surface area contributed by atoms with Gasteiger partial charge in [-0.15, -0.1) is 0 Å². The second kappa shape index (κ2) is 6.30. The summed E-state index contributed by atoms with van der Waals surface area (Å²) >= 11 is 0. The molecule has 0 saturated heterocycles. The van der Waals surface area contributed by atoms with Crippen molar-refractivity contribution in [2.45, 2.75) is 20.3 Å². The zero-order valence-corrected chi connectivity index (χ0v) is 10.9. The first-order valence-corrected chi connectivity index (χ1v) is 5.73. The van der Waals surface area contributed by atoms with Crippen molar-refractivity contribution in [2.24, 2.45) is 5.41 Å². The molecule has 0 amide bonds. The lowest BCUT2D eigenvalue weighted by Crippen LogP contribution is -2.25. The monoisotopic (exact) mass is 253 g/mol. The standard InChI is InChI=1S/C12H19N3O3/c1-12(2,4-5-16)8-14-10-7-13-6-9(15-10)11(17)18-3/h6-7,16H,4-5,8H2,1-3H3,(H,14,15). The summed E-state index contributed by atoms with van der Waals surface area (Å²) in [4.78, 5) is 19.3. The van der Waals surface area contributed by atoms with Crippen molar-refractivity contribution in [1.82, 2.24) is 9.97 Å². The fourth-order valence-electron chi connectivity index (χ4n) is 1.37. The number of ether oxygens (including phenoxy) is 1. The smallest absolute Gasteiger partial charge is 0.358 e. The summed E-state index contributed by atoms with van der Waals surface area (Å²) in [5.41, 5.74) is 0.111. The second-order valence-electron chi connectivity index (χ2n) is 4.77. The minimum Gasteiger partial charge on any atom is -0.464 e. The van der Waals surface area contributed by atoms with E-state index in [1.807, 2.05) is 13.8 Å². The van der Waals surface area contributed by atoms with Crippen LogP contribution in [0.15, 0.2) is 12.4 Å². The Labute approximate surface area is 106 Å². The van der Waals surface area contributed by atoms with Gasteiger partial charge in [0.25, 0.3) is 0 Å². The molecule has 0 spiro atoms. The Morgan fingerprint density at radius 2 is 2.22 bits per heavy atom. The van der Waals surface area contributed by atoms with Gasteiger partial charge in [-0.2, -0.15) is 0 Å². The van der Waals surface area contributed by atoms with Gasteiger partial charge < -0.3 is 15.2 Å². The van der Waals surface area contributed by atoms with Crippen molar-refractivity contribution in [1.29, 1.82) is 0 Å². The summed E-state index contributed by atoms with van der Waals surface area (Å²) in [6.45, 7) is 4.84. The molecule has 1 heterocycles. The minimum atomic E-state index is -0.513. The molecule has 18 heavy (non-hydrogen) atoms. The molecule has 0 bridgehead atoms. The van der Waals surface area contributed by atoms with Crippen LogP contribution in [0.25, 0.3) is 0 Å². The van der Waals surface area contributed by atoms with E-state index >= 15 is 0 Å². The fourth-order valence-corrected chi connectivity index (χ4v) is 1.37. The van der Waals surface area contributed by atoms with Gasteiger partial charge in [0.2, 0.25) is 0 Å². The number of nitrogens with one attached hydrogen (secondary N) is 1. The van der Waals surface area contributed by atoms with E-state index in [9.17, 15) is 4.79 Å². The number of aliphatic hydroxyl groups excluding tert-OH is 1. The van der Waals surface area contributed by atoms with Gasteiger partial charge in [0.05, 0.1) is 19.5 Å². The van der Waals surface area contributed by atoms with Crippen molar-refractivity contribution >= 4 is 11.8 Å². The molecule has 1 rings (SSSR count). The Morgan fingerprint density at radius 3 is 2.83 bits per heavy atom. The van der Waals surface area contributed by atoms with E-state index in [1.54, 1.807) is 6.20 Å². The Morgan fingerprint density at radius 1 is 1.50 bits per heavy atom. The molecule has 1 aromatic heterocycles. The van der Waals surface area contributed by atoms with Crippen LogP contribution in [0.2, 0.25) is 0 Å². The summed E-state index contributed by atoms with van der Waals surface area (Å²) in [5.74, 6) is 0.00434. The van der Waals surface area contributed by atoms with Crippen LogP contribution in [-0.2, 0) is 4.74 Å². The van der Waals surface area contributed by atoms with Gasteiger partial charge in [-0.3, -0.25) is 4.98 Å². The highest BCUT2D eigenvalue weighted by atomic mass is 16.5. The molecule has 0 aliphatic carbocycles. The minimum absolute atomic E-state index is 0.0578. The number of nitrogens with zero attached hydrogens (tertiary/aromatic N) is 2. The van der Waals surface area contributed by atoms with Crippen molar-refractivity contribution in [2.75, 3.05) is 25.6 Å². The van der Waals surface area contributed by atoms with Gasteiger partial charge in [-0.1, -0.05) is 13.8 Å². The summed E-state index contributed by atoms with van der Waals surface area (Å²) in [6.07, 6.45) is 3.58. The number of hydrogen-bond acceptors (Lipinski definition) is 6. The SMILES string of the molecule is COC(=O)c1cncc(NCC(C)(C)CCO)n1. The molecule has 0 radical (unpaired) electrons. The lowest BCUT2D eigenvalue weighted by molar-refractivity contribution is 0.0593. The van der Waals surface area contributed by atoms with E-state index in [1.165, 1.54) is 13.3 Å². The molecular weight excluding hydrogens is 234 g/mol. The molecule has 6 nitrogen and oxygen atoms in total. The lowest BCUT2D eigenvalue weighted by Gasteiger charge is -2.24. The Balaban J connectivity index is 2.65. The van der Waals surface area contributed by atoms with Crippen LogP contribution >= 0.6 is 0 Å². The van der Waals surface area contributed by atoms with Gasteiger partial charge in [0, 0.05) is 13.2 Å². The third-order valence-corrected chi connectivity index (χ3v) is 2.57. The lowest BCUT2D eigenvalue weighted by atomic mass is 9.90. The highest BCUT2D eigenvalue weighted by Crippen LogP contribution is 2.20. The van der Waals surface area contributed by atoms with E-state index in [4.69, 9.17) is 5.11 Å². The summed E-state index contributed by atoms with van der Waals surface area (Å²) in [7, 11) is 1.30. The zero-order valence-electron chi connectivity index (χ0n) is 10.9. The zero-order chi connectivity index (χ0) is 13.6. The van der Waals surface area contributed by atoms with Crippen LogP contribution in [0.3, 0.4) is 0 Å². The van der Waals surface area contributed by atoms with Gasteiger partial charge in [0.15, 0.2) is 5.69 Å². The van der Waals surface area contributed by atoms with E-state index in [2.05, 4.69) is 20.0 Å². The first-order valence-electron chi connectivity index (χ1n) is 5.73. The Bertz CT molecular complexity index is 407. The number of hydrogen-bond donors (Lipinski definition) is 2. The molecule has 2 N–H and O–H groups in total. The molecule has 0 aliphatic heterocycles. The summed E-state index contributed by atoms with van der Waals surface area (Å²) in [5, 5.41) is 12.0. The predicted octanol–water partition coefficient (Wildman–Crippen LogP) is 1.08. The molecule has 1 aromatic rings. The number of esters is 1. The highest BCUT2D eigenvalue weighted by molar-refractivity contribution is 5.87. The van der Waals surface area contributed by atoms with Crippen LogP contribution in [0.4, 0.5) is 5.82 Å². The molecule has 6 heteroatoms. The molecule has 0 unspecified atom stereocenters. The van der Waals surface area contributed by atoms with Crippen LogP contribution < -0.4 is 5.32 Å². The molecule has 0 saturated carbocycles. The fraction of sp³-hybridized carbons (Fsp3) is 0.583. The average molecular weight is 253 g/mol. The third-order valence-electron chi connectivity index (χ3n) is 2.57. The predicted molar refractivity (Wildman–Crippen MR) is 67.3 cm³/mol. The maximum atomic E-state index is 11.3. The summed E-state index contributed by atoms with van der Waals surface area (Å²) < 4.78 is 4.57. The average Bonchev–Trinajstić information content (AvgIpc) is 2.36. The highest BCUT2D eigenvalue weighted by Gasteiger charge is 2.17. The van der Waals surface area contributed by atoms with Gasteiger partial charge in [0.1, 0.15) is 5.82 Å². The van der Waals surface area contributed by atoms with Gasteiger partial charge >= 0.3 is 5.97 Å². The van der Waals surface area contributed by atoms with E-state index < -0.39 is 5.97 Å². The quantitative estimate of drug-likeness (QED) is 0.738. The van der Waals surface area contributed by atoms with Crippen LogP contribution in [0.5, 0.6) is 0 Å². The van der Waals surface area contributed by atoms with Gasteiger partial charge in [-0.05, 0) is 11.8 Å². The second-order valence-corrected chi connectivity index (χ2v) is 4.77. The number of aromatic nitrogens is 2. The molecule has 0 atom stereocenters. The number of carbonyl (C=O) groups excluding carboxylic acids is 1. The van der Waals surface area contributed by atoms with Crippen molar-refractivity contribution in [3.8, 4) is 0 Å². The van der Waals surface area contributed by atoms with Crippen LogP contribution in [0, 0.1) is 5.41 Å². The van der Waals surface area contributed by atoms with Crippen LogP contribution in [0.1, 0.15) is 30.8 Å². The topological polar surface area (TPSA) is 84.3 Å². The van der Waals surface area contributed by atoms with Crippen molar-refractivity contribution < 1.29 is 14.6 Å². The molecule has 0 aliphatic rings. The van der Waals surface area contributed by atoms with E-state index in [0.29, 0.717) is 18.8 Å². The van der Waals surface area contributed by atoms with Crippen LogP contribution in [-0.4, -0.2) is 41.3 Å². The largest absolute Gasteiger partial charge is 0.464 e. The molecular formula is C12H19N3O3. The van der Waals surface area contributed by atoms with E-state index in [-0.39, 0.29) is 17.7 Å². The molecule has 0 fully saturated rings. The molecule has 100 valence electrons. The molecule has 0 aromatic carbocycles. The number of carbonyl (C=O) groups is 1. The first-order chi connectivity index (χ1) is 8.48. The maximum Gasteiger partial charge on any atom is 0.358 e. The number of methoxy groups -OCH3 is 1. The van der Waals surface area contributed by atoms with Crippen molar-refractivity contribution in [3.05, 3.63) is 18.1 Å². The Hall–Kier alpha value is -1.69. The Kier molecular flexibility index (Phi) is 5.03. The first kappa shape index (κ1) is 14.4. The van der Waals surface area contributed by atoms with Crippen molar-refractivity contribution in [3.63, 3.8) is 0 Å². The summed E-state index contributed by atoms with van der Waals surface area (Å²) in [6, 6.07) is 0. The van der Waals surface area contributed by atoms with Gasteiger partial charge in [-0.25, -0.2) is 9.78 Å². The maximum absolute atomic E-state index is 11.3. The number of aliphatic hydroxyl groups is 1. The third kappa shape index (κ3) is 4.29. The van der Waals surface area contributed by atoms with E-state index in [0.717, 1.165) is 0 Å². The number of anilines is 1.